The van der Waals surface area contributed by atoms with Crippen LogP contribution >= 0.6 is 11.6 Å². The van der Waals surface area contributed by atoms with Crippen LogP contribution < -0.4 is 4.90 Å². The third kappa shape index (κ3) is 1.98. The van der Waals surface area contributed by atoms with E-state index in [0.717, 1.165) is 29.9 Å². The highest BCUT2D eigenvalue weighted by atomic mass is 35.5. The lowest BCUT2D eigenvalue weighted by molar-refractivity contribution is 0.263. The lowest BCUT2D eigenvalue weighted by Gasteiger charge is -2.28. The molecule has 1 aliphatic carbocycles. The van der Waals surface area contributed by atoms with Gasteiger partial charge in [0.25, 0.3) is 0 Å². The minimum absolute atomic E-state index is 0.308. The number of hydrogen-bond donors (Lipinski definition) is 0. The number of hydrogen-bond acceptors (Lipinski definition) is 5. The molecule has 1 saturated carbocycles. The van der Waals surface area contributed by atoms with E-state index in [-0.39, 0.29) is 0 Å². The summed E-state index contributed by atoms with van der Waals surface area (Å²) in [6.07, 6.45) is 3.89. The highest BCUT2D eigenvalue weighted by Crippen LogP contribution is 2.40. The molecule has 0 atom stereocenters. The fourth-order valence-electron chi connectivity index (χ4n) is 3.03. The number of benzene rings is 1. The lowest BCUT2D eigenvalue weighted by Crippen LogP contribution is -2.31. The van der Waals surface area contributed by atoms with E-state index in [2.05, 4.69) is 15.1 Å². The predicted octanol–water partition coefficient (Wildman–Crippen LogP) is 3.48. The summed E-state index contributed by atoms with van der Waals surface area (Å²) in [4.78, 5) is 22.3. The van der Waals surface area contributed by atoms with Gasteiger partial charge in [0.05, 0.1) is 23.6 Å². The Hall–Kier alpha value is -2.67. The molecule has 1 amide bonds. The Morgan fingerprint density at radius 2 is 2.04 bits per heavy atom. The van der Waals surface area contributed by atoms with E-state index in [4.69, 9.17) is 16.1 Å². The molecule has 0 unspecified atom stereocenters. The maximum absolute atomic E-state index is 11.9. The molecule has 120 valence electrons. The summed E-state index contributed by atoms with van der Waals surface area (Å²) >= 11 is 5.78. The first-order chi connectivity index (χ1) is 11.7. The number of anilines is 1. The van der Waals surface area contributed by atoms with Crippen LogP contribution in [-0.4, -0.2) is 25.1 Å². The van der Waals surface area contributed by atoms with Gasteiger partial charge in [0.2, 0.25) is 11.7 Å². The first kappa shape index (κ1) is 13.7. The number of amides is 1. The third-order valence-electron chi connectivity index (χ3n) is 4.40. The molecule has 0 spiro atoms. The molecule has 1 fully saturated rings. The zero-order chi connectivity index (χ0) is 16.3. The number of nitrogens with zero attached hydrogens (tertiary/aromatic N) is 5. The summed E-state index contributed by atoms with van der Waals surface area (Å²) in [5.74, 6) is 1.49. The summed E-state index contributed by atoms with van der Waals surface area (Å²) in [6.45, 7) is 0.308. The third-order valence-corrected chi connectivity index (χ3v) is 4.60. The quantitative estimate of drug-likeness (QED) is 0.527. The first-order valence-corrected chi connectivity index (χ1v) is 8.07. The summed E-state index contributed by atoms with van der Waals surface area (Å²) < 4.78 is 7.27. The van der Waals surface area contributed by atoms with E-state index < -0.39 is 5.37 Å². The van der Waals surface area contributed by atoms with E-state index in [0.29, 0.717) is 29.9 Å². The SMILES string of the molecule is O=C(Cl)N1Cc2c(-c3noc(C4CC4)n3)ncn2-c2ccccc21. The van der Waals surface area contributed by atoms with Crippen LogP contribution in [0.15, 0.2) is 35.1 Å². The normalized spacial score (nSPS) is 16.0. The fourth-order valence-corrected chi connectivity index (χ4v) is 3.19. The van der Waals surface area contributed by atoms with E-state index in [1.54, 1.807) is 6.33 Å². The molecule has 0 radical (unpaired) electrons. The average molecular weight is 342 g/mol. The molecule has 0 N–H and O–H groups in total. The monoisotopic (exact) mass is 341 g/mol. The second kappa shape index (κ2) is 4.91. The van der Waals surface area contributed by atoms with E-state index in [1.807, 2.05) is 28.8 Å². The van der Waals surface area contributed by atoms with Gasteiger partial charge in [-0.25, -0.2) is 4.98 Å². The van der Waals surface area contributed by atoms with Gasteiger partial charge in [-0.2, -0.15) is 4.98 Å². The number of fused-ring (bicyclic) bond motifs is 3. The molecule has 2 aromatic heterocycles. The fraction of sp³-hybridized carbons (Fsp3) is 0.250. The van der Waals surface area contributed by atoms with Crippen LogP contribution in [0.2, 0.25) is 0 Å². The number of halogens is 1. The van der Waals surface area contributed by atoms with Gasteiger partial charge >= 0.3 is 5.37 Å². The number of aromatic nitrogens is 4. The van der Waals surface area contributed by atoms with Crippen molar-refractivity contribution >= 4 is 22.7 Å². The molecule has 8 heteroatoms. The van der Waals surface area contributed by atoms with Crippen molar-refractivity contribution in [3.63, 3.8) is 0 Å². The molecule has 5 rings (SSSR count). The van der Waals surface area contributed by atoms with Crippen molar-refractivity contribution in [2.24, 2.45) is 0 Å². The van der Waals surface area contributed by atoms with E-state index in [1.165, 1.54) is 4.90 Å². The Morgan fingerprint density at radius 3 is 2.79 bits per heavy atom. The van der Waals surface area contributed by atoms with Gasteiger partial charge in [0.15, 0.2) is 0 Å². The minimum atomic E-state index is -0.535. The number of carbonyl (C=O) groups is 1. The Morgan fingerprint density at radius 1 is 1.25 bits per heavy atom. The van der Waals surface area contributed by atoms with Crippen molar-refractivity contribution in [1.29, 1.82) is 0 Å². The van der Waals surface area contributed by atoms with Gasteiger partial charge in [-0.3, -0.25) is 14.3 Å². The first-order valence-electron chi connectivity index (χ1n) is 7.69. The molecule has 2 aliphatic rings. The topological polar surface area (TPSA) is 77.1 Å². The molecule has 3 heterocycles. The smallest absolute Gasteiger partial charge is 0.321 e. The van der Waals surface area contributed by atoms with Crippen molar-refractivity contribution in [3.05, 3.63) is 42.2 Å². The van der Waals surface area contributed by atoms with Gasteiger partial charge < -0.3 is 4.52 Å². The zero-order valence-electron chi connectivity index (χ0n) is 12.5. The number of carbonyl (C=O) groups excluding carboxylic acids is 1. The van der Waals surface area contributed by atoms with Crippen LogP contribution in [0.1, 0.15) is 30.3 Å². The van der Waals surface area contributed by atoms with Crippen molar-refractivity contribution in [2.45, 2.75) is 25.3 Å². The molecule has 24 heavy (non-hydrogen) atoms. The molecule has 1 aromatic carbocycles. The maximum Gasteiger partial charge on any atom is 0.321 e. The van der Waals surface area contributed by atoms with Crippen LogP contribution in [-0.2, 0) is 6.54 Å². The Kier molecular flexibility index (Phi) is 2.81. The van der Waals surface area contributed by atoms with E-state index >= 15 is 0 Å². The molecule has 7 nitrogen and oxygen atoms in total. The average Bonchev–Trinajstić information content (AvgIpc) is 3.17. The number of rotatable bonds is 2. The van der Waals surface area contributed by atoms with Gasteiger partial charge in [-0.1, -0.05) is 17.3 Å². The van der Waals surface area contributed by atoms with Gasteiger partial charge in [0.1, 0.15) is 12.0 Å². The van der Waals surface area contributed by atoms with Crippen LogP contribution in [0.25, 0.3) is 17.2 Å². The molecule has 0 saturated heterocycles. The van der Waals surface area contributed by atoms with Crippen LogP contribution in [0.4, 0.5) is 10.5 Å². The molecule has 3 aromatic rings. The summed E-state index contributed by atoms with van der Waals surface area (Å²) in [5.41, 5.74) is 3.02. The van der Waals surface area contributed by atoms with Crippen LogP contribution in [0.3, 0.4) is 0 Å². The predicted molar refractivity (Wildman–Crippen MR) is 86.3 cm³/mol. The standard InChI is InChI=1S/C16H12ClN5O2/c17-16(23)21-7-12-13(14-19-15(24-20-14)9-5-6-9)18-8-22(12)11-4-2-1-3-10(11)21/h1-4,8-9H,5-7H2. The second-order valence-electron chi connectivity index (χ2n) is 5.97. The second-order valence-corrected chi connectivity index (χ2v) is 6.29. The summed E-state index contributed by atoms with van der Waals surface area (Å²) in [6, 6.07) is 7.56. The van der Waals surface area contributed by atoms with Gasteiger partial charge in [0, 0.05) is 5.92 Å². The molecular formula is C16H12ClN5O2. The molecule has 1 aliphatic heterocycles. The molecule has 0 bridgehead atoms. The maximum atomic E-state index is 11.9. The Labute approximate surface area is 141 Å². The Bertz CT molecular complexity index is 959. The van der Waals surface area contributed by atoms with E-state index in [9.17, 15) is 4.79 Å². The number of para-hydroxylation sites is 2. The lowest BCUT2D eigenvalue weighted by atomic mass is 10.1. The van der Waals surface area contributed by atoms with Crippen LogP contribution in [0.5, 0.6) is 0 Å². The van der Waals surface area contributed by atoms with Crippen LogP contribution in [0, 0.1) is 0 Å². The van der Waals surface area contributed by atoms with Gasteiger partial charge in [-0.15, -0.1) is 0 Å². The highest BCUT2D eigenvalue weighted by molar-refractivity contribution is 6.66. The Balaban J connectivity index is 1.65. The highest BCUT2D eigenvalue weighted by Gasteiger charge is 2.32. The van der Waals surface area contributed by atoms with Gasteiger partial charge in [-0.05, 0) is 36.6 Å². The zero-order valence-corrected chi connectivity index (χ0v) is 13.3. The van der Waals surface area contributed by atoms with Crippen molar-refractivity contribution in [1.82, 2.24) is 19.7 Å². The summed E-state index contributed by atoms with van der Waals surface area (Å²) in [7, 11) is 0. The van der Waals surface area contributed by atoms with Crippen molar-refractivity contribution in [3.8, 4) is 17.2 Å². The largest absolute Gasteiger partial charge is 0.339 e. The van der Waals surface area contributed by atoms with Crippen molar-refractivity contribution in [2.75, 3.05) is 4.90 Å². The summed E-state index contributed by atoms with van der Waals surface area (Å²) in [5, 5.41) is 3.52. The number of imidazole rings is 1. The minimum Gasteiger partial charge on any atom is -0.339 e. The molecular weight excluding hydrogens is 330 g/mol. The van der Waals surface area contributed by atoms with Crippen molar-refractivity contribution < 1.29 is 9.32 Å².